The molecule has 0 saturated carbocycles. The second kappa shape index (κ2) is 12.0. The summed E-state index contributed by atoms with van der Waals surface area (Å²) in [4.78, 5) is 24.9. The molecule has 0 bridgehead atoms. The molecule has 224 valence electrons. The van der Waals surface area contributed by atoms with E-state index >= 15 is 0 Å². The van der Waals surface area contributed by atoms with Crippen LogP contribution in [0.2, 0.25) is 0 Å². The lowest BCUT2D eigenvalue weighted by Gasteiger charge is -2.39. The zero-order valence-corrected chi connectivity index (χ0v) is 22.1. The fourth-order valence-electron chi connectivity index (χ4n) is 4.34. The number of ether oxygens (including phenoxy) is 3. The molecule has 1 aliphatic heterocycles. The highest BCUT2D eigenvalue weighted by Gasteiger charge is 2.45. The molecule has 7 N–H and O–H groups in total. The maximum Gasteiger partial charge on any atom is 0.330 e. The minimum absolute atomic E-state index is 0.0256. The van der Waals surface area contributed by atoms with Crippen molar-refractivity contribution in [1.29, 1.82) is 0 Å². The second-order valence-electron chi connectivity index (χ2n) is 9.65. The summed E-state index contributed by atoms with van der Waals surface area (Å²) >= 11 is 0. The van der Waals surface area contributed by atoms with Gasteiger partial charge in [-0.2, -0.15) is 0 Å². The smallest absolute Gasteiger partial charge is 0.330 e. The normalized spacial score (nSPS) is 22.1. The van der Waals surface area contributed by atoms with Crippen molar-refractivity contribution >= 4 is 23.0 Å². The molecule has 0 spiro atoms. The van der Waals surface area contributed by atoms with Crippen molar-refractivity contribution in [3.63, 3.8) is 0 Å². The molecule has 0 unspecified atom stereocenters. The Bertz CT molecular complexity index is 1730. The van der Waals surface area contributed by atoms with Gasteiger partial charge in [0.15, 0.2) is 28.3 Å². The highest BCUT2D eigenvalue weighted by Crippen LogP contribution is 2.38. The predicted molar refractivity (Wildman–Crippen MR) is 148 cm³/mol. The summed E-state index contributed by atoms with van der Waals surface area (Å²) in [5.74, 6) is -2.61. The molecular formula is C30H26O13. The van der Waals surface area contributed by atoms with Crippen LogP contribution in [0, 0.1) is 0 Å². The van der Waals surface area contributed by atoms with Gasteiger partial charge in [-0.25, -0.2) is 4.79 Å². The number of carbonyl (C=O) groups excluding carboxylic acids is 1. The summed E-state index contributed by atoms with van der Waals surface area (Å²) < 4.78 is 22.0. The summed E-state index contributed by atoms with van der Waals surface area (Å²) in [5.41, 5.74) is -0.0163. The van der Waals surface area contributed by atoms with Gasteiger partial charge in [-0.15, -0.1) is 0 Å². The zero-order chi connectivity index (χ0) is 30.8. The lowest BCUT2D eigenvalue weighted by atomic mass is 9.99. The minimum atomic E-state index is -1.80. The van der Waals surface area contributed by atoms with Crippen LogP contribution < -0.4 is 10.2 Å². The van der Waals surface area contributed by atoms with Crippen LogP contribution in [0.5, 0.6) is 28.7 Å². The first-order chi connectivity index (χ1) is 20.5. The molecule has 0 amide bonds. The van der Waals surface area contributed by atoms with Gasteiger partial charge in [-0.05, 0) is 54.1 Å². The quantitative estimate of drug-likeness (QED) is 0.0923. The third kappa shape index (κ3) is 6.24. The van der Waals surface area contributed by atoms with E-state index in [1.807, 2.05) is 0 Å². The number of phenolic OH excluding ortho intramolecular Hbond substituents is 4. The van der Waals surface area contributed by atoms with Gasteiger partial charge in [0, 0.05) is 17.7 Å². The average molecular weight is 595 g/mol. The Hall–Kier alpha value is -5.08. The summed E-state index contributed by atoms with van der Waals surface area (Å²) in [6, 6.07) is 13.4. The van der Waals surface area contributed by atoms with Gasteiger partial charge in [-0.1, -0.05) is 12.1 Å². The maximum absolute atomic E-state index is 12.7. The van der Waals surface area contributed by atoms with Crippen LogP contribution in [0.1, 0.15) is 5.56 Å². The van der Waals surface area contributed by atoms with Gasteiger partial charge in [0.05, 0.1) is 5.39 Å². The number of aliphatic hydroxyl groups is 3. The standard InChI is InChI=1S/C30H26O13/c31-16-5-1-14(2-6-16)3-10-24(35)40-13-23-25(36)27(38)28(39)30(43-23)42-21-9-7-17-19(33)12-22(41-29(17)26(21)37)15-4-8-18(32)20(34)11-15/h1-12,23,25,27-28,30-32,34,36-39H,13H2/t23-,25+,27-,28-,30+/m0/s1. The summed E-state index contributed by atoms with van der Waals surface area (Å²) in [7, 11) is 0. The molecule has 1 aromatic heterocycles. The van der Waals surface area contributed by atoms with E-state index in [0.29, 0.717) is 5.56 Å². The van der Waals surface area contributed by atoms with Crippen LogP contribution in [-0.2, 0) is 14.3 Å². The number of aromatic hydroxyl groups is 4. The Morgan fingerprint density at radius 2 is 1.60 bits per heavy atom. The second-order valence-corrected chi connectivity index (χ2v) is 9.65. The van der Waals surface area contributed by atoms with E-state index in [4.69, 9.17) is 18.6 Å². The Balaban J connectivity index is 1.33. The van der Waals surface area contributed by atoms with Gasteiger partial charge < -0.3 is 54.4 Å². The van der Waals surface area contributed by atoms with Crippen molar-refractivity contribution in [2.24, 2.45) is 0 Å². The topological polar surface area (TPSA) is 217 Å². The average Bonchev–Trinajstić information content (AvgIpc) is 2.99. The van der Waals surface area contributed by atoms with Crippen LogP contribution in [0.3, 0.4) is 0 Å². The summed E-state index contributed by atoms with van der Waals surface area (Å²) in [6.07, 6.45) is -5.73. The van der Waals surface area contributed by atoms with Gasteiger partial charge in [0.2, 0.25) is 12.0 Å². The van der Waals surface area contributed by atoms with Crippen LogP contribution in [-0.4, -0.2) is 79.0 Å². The lowest BCUT2D eigenvalue weighted by molar-refractivity contribution is -0.278. The number of benzene rings is 3. The number of fused-ring (bicyclic) bond motifs is 1. The molecular weight excluding hydrogens is 568 g/mol. The number of hydrogen-bond acceptors (Lipinski definition) is 13. The fourth-order valence-corrected chi connectivity index (χ4v) is 4.34. The van der Waals surface area contributed by atoms with Crippen LogP contribution in [0.15, 0.2) is 76.0 Å². The monoisotopic (exact) mass is 594 g/mol. The molecule has 1 fully saturated rings. The first-order valence-corrected chi connectivity index (χ1v) is 12.8. The zero-order valence-electron chi connectivity index (χ0n) is 22.1. The number of carbonyl (C=O) groups is 1. The molecule has 1 aliphatic rings. The highest BCUT2D eigenvalue weighted by atomic mass is 16.7. The lowest BCUT2D eigenvalue weighted by Crippen LogP contribution is -2.60. The van der Waals surface area contributed by atoms with Crippen molar-refractivity contribution in [3.05, 3.63) is 82.5 Å². The van der Waals surface area contributed by atoms with Gasteiger partial charge in [0.25, 0.3) is 0 Å². The van der Waals surface area contributed by atoms with E-state index in [9.17, 15) is 45.3 Å². The molecule has 13 nitrogen and oxygen atoms in total. The minimum Gasteiger partial charge on any atom is -0.508 e. The van der Waals surface area contributed by atoms with Crippen molar-refractivity contribution in [1.82, 2.24) is 0 Å². The summed E-state index contributed by atoms with van der Waals surface area (Å²) in [6.45, 7) is -0.537. The fraction of sp³-hybridized carbons (Fsp3) is 0.200. The molecule has 13 heteroatoms. The van der Waals surface area contributed by atoms with Gasteiger partial charge in [-0.3, -0.25) is 4.79 Å². The SMILES string of the molecule is O=C(C=Cc1ccc(O)cc1)OC[C@@H]1O[C@@H](Oc2ccc3c(=O)cc(-c4ccc(O)c(O)c4)oc3c2O)[C@@H](O)[C@@H](O)[C@@H]1O. The number of hydrogen-bond donors (Lipinski definition) is 7. The van der Waals surface area contributed by atoms with E-state index in [-0.39, 0.29) is 39.5 Å². The Morgan fingerprint density at radius 3 is 2.33 bits per heavy atom. The van der Waals surface area contributed by atoms with Crippen molar-refractivity contribution in [2.75, 3.05) is 6.61 Å². The molecule has 5 atom stereocenters. The highest BCUT2D eigenvalue weighted by molar-refractivity contribution is 5.87. The predicted octanol–water partition coefficient (Wildman–Crippen LogP) is 1.73. The first kappa shape index (κ1) is 29.4. The summed E-state index contributed by atoms with van der Waals surface area (Å²) in [5, 5.41) is 70.9. The Morgan fingerprint density at radius 1 is 0.860 bits per heavy atom. The Kier molecular flexibility index (Phi) is 8.23. The third-order valence-corrected chi connectivity index (χ3v) is 6.70. The molecule has 5 rings (SSSR count). The largest absolute Gasteiger partial charge is 0.508 e. The first-order valence-electron chi connectivity index (χ1n) is 12.8. The number of phenols is 4. The molecule has 2 heterocycles. The van der Waals surface area contributed by atoms with Gasteiger partial charge in [0.1, 0.15) is 42.5 Å². The van der Waals surface area contributed by atoms with Crippen LogP contribution >= 0.6 is 0 Å². The molecule has 1 saturated heterocycles. The van der Waals surface area contributed by atoms with Crippen LogP contribution in [0.25, 0.3) is 28.4 Å². The van der Waals surface area contributed by atoms with Crippen molar-refractivity contribution < 1.29 is 59.2 Å². The molecule has 3 aromatic carbocycles. The Labute approximate surface area is 242 Å². The molecule has 43 heavy (non-hydrogen) atoms. The molecule has 0 radical (unpaired) electrons. The van der Waals surface area contributed by atoms with Crippen molar-refractivity contribution in [3.8, 4) is 40.1 Å². The van der Waals surface area contributed by atoms with E-state index in [1.54, 1.807) is 12.1 Å². The van der Waals surface area contributed by atoms with Gasteiger partial charge >= 0.3 is 5.97 Å². The number of esters is 1. The van der Waals surface area contributed by atoms with Crippen molar-refractivity contribution in [2.45, 2.75) is 30.7 Å². The van der Waals surface area contributed by atoms with E-state index in [1.165, 1.54) is 42.5 Å². The molecule has 0 aliphatic carbocycles. The van der Waals surface area contributed by atoms with E-state index in [2.05, 4.69) is 0 Å². The third-order valence-electron chi connectivity index (χ3n) is 6.70. The van der Waals surface area contributed by atoms with E-state index < -0.39 is 60.2 Å². The van der Waals surface area contributed by atoms with Crippen LogP contribution in [0.4, 0.5) is 0 Å². The maximum atomic E-state index is 12.7. The molecule has 4 aromatic rings. The number of rotatable bonds is 7. The number of aliphatic hydroxyl groups excluding tert-OH is 3. The van der Waals surface area contributed by atoms with E-state index in [0.717, 1.165) is 18.2 Å².